The maximum atomic E-state index is 12.2. The van der Waals surface area contributed by atoms with Gasteiger partial charge in [-0.25, -0.2) is 0 Å². The number of hydrogen-bond acceptors (Lipinski definition) is 3. The first-order valence-corrected chi connectivity index (χ1v) is 6.85. The number of carbonyl (C=O) groups excluding carboxylic acids is 1. The monoisotopic (exact) mass is 240 g/mol. The number of nitrogens with zero attached hydrogens (tertiary/aromatic N) is 1. The summed E-state index contributed by atoms with van der Waals surface area (Å²) in [5.41, 5.74) is 0. The summed E-state index contributed by atoms with van der Waals surface area (Å²) in [5, 5.41) is 3.38. The van der Waals surface area contributed by atoms with Crippen LogP contribution in [0.25, 0.3) is 0 Å². The summed E-state index contributed by atoms with van der Waals surface area (Å²) in [5.74, 6) is 0.290. The molecule has 2 rings (SSSR count). The van der Waals surface area contributed by atoms with Crippen LogP contribution in [0.1, 0.15) is 39.5 Å². The van der Waals surface area contributed by atoms with Gasteiger partial charge >= 0.3 is 0 Å². The summed E-state index contributed by atoms with van der Waals surface area (Å²) >= 11 is 0. The van der Waals surface area contributed by atoms with E-state index in [2.05, 4.69) is 19.2 Å². The van der Waals surface area contributed by atoms with Crippen LogP contribution >= 0.6 is 0 Å². The van der Waals surface area contributed by atoms with Gasteiger partial charge in [-0.1, -0.05) is 6.92 Å². The van der Waals surface area contributed by atoms with E-state index < -0.39 is 0 Å². The molecular weight excluding hydrogens is 216 g/mol. The van der Waals surface area contributed by atoms with Crippen LogP contribution in [0, 0.1) is 0 Å². The number of carbonyl (C=O) groups is 1. The Hall–Kier alpha value is -0.610. The molecule has 0 aromatic heterocycles. The maximum absolute atomic E-state index is 12.2. The molecule has 3 unspecified atom stereocenters. The van der Waals surface area contributed by atoms with Gasteiger partial charge in [0.2, 0.25) is 5.91 Å². The predicted molar refractivity (Wildman–Crippen MR) is 66.8 cm³/mol. The molecule has 2 fully saturated rings. The van der Waals surface area contributed by atoms with Gasteiger partial charge in [0.05, 0.1) is 12.2 Å². The van der Waals surface area contributed by atoms with Gasteiger partial charge in [-0.3, -0.25) is 4.79 Å². The van der Waals surface area contributed by atoms with Gasteiger partial charge in [-0.15, -0.1) is 0 Å². The minimum atomic E-state index is 0.175. The summed E-state index contributed by atoms with van der Waals surface area (Å²) in [6.45, 7) is 6.75. The fourth-order valence-corrected chi connectivity index (χ4v) is 2.75. The molecule has 17 heavy (non-hydrogen) atoms. The number of morpholine rings is 1. The molecule has 0 aromatic carbocycles. The number of amides is 1. The first kappa shape index (κ1) is 12.8. The zero-order chi connectivity index (χ0) is 12.3. The zero-order valence-corrected chi connectivity index (χ0v) is 10.9. The van der Waals surface area contributed by atoms with E-state index in [-0.39, 0.29) is 18.1 Å². The van der Waals surface area contributed by atoms with Gasteiger partial charge in [0.15, 0.2) is 0 Å². The number of nitrogens with one attached hydrogen (secondary N) is 1. The van der Waals surface area contributed by atoms with Crippen molar-refractivity contribution in [1.29, 1.82) is 0 Å². The van der Waals surface area contributed by atoms with E-state index in [1.165, 1.54) is 6.42 Å². The molecule has 2 saturated heterocycles. The molecule has 4 nitrogen and oxygen atoms in total. The minimum Gasteiger partial charge on any atom is -0.372 e. The van der Waals surface area contributed by atoms with Crippen LogP contribution in [0.15, 0.2) is 0 Å². The summed E-state index contributed by atoms with van der Waals surface area (Å²) in [6.07, 6.45) is 4.38. The van der Waals surface area contributed by atoms with Crippen LogP contribution in [0.4, 0.5) is 0 Å². The average molecular weight is 240 g/mol. The van der Waals surface area contributed by atoms with Gasteiger partial charge in [-0.2, -0.15) is 0 Å². The van der Waals surface area contributed by atoms with Crippen LogP contribution in [-0.2, 0) is 9.53 Å². The summed E-state index contributed by atoms with van der Waals surface area (Å²) in [6, 6.07) is 0.403. The van der Waals surface area contributed by atoms with Crippen molar-refractivity contribution in [2.75, 3.05) is 19.6 Å². The van der Waals surface area contributed by atoms with Gasteiger partial charge in [-0.05, 0) is 32.7 Å². The molecule has 2 heterocycles. The van der Waals surface area contributed by atoms with Gasteiger partial charge < -0.3 is 15.0 Å². The van der Waals surface area contributed by atoms with E-state index in [0.717, 1.165) is 32.5 Å². The lowest BCUT2D eigenvalue weighted by Gasteiger charge is -2.37. The topological polar surface area (TPSA) is 41.6 Å². The Morgan fingerprint density at radius 1 is 1.47 bits per heavy atom. The van der Waals surface area contributed by atoms with Crippen molar-refractivity contribution < 1.29 is 9.53 Å². The molecule has 1 amide bonds. The minimum absolute atomic E-state index is 0.175. The van der Waals surface area contributed by atoms with Gasteiger partial charge in [0.25, 0.3) is 0 Å². The molecule has 0 radical (unpaired) electrons. The van der Waals surface area contributed by atoms with E-state index in [1.807, 2.05) is 4.90 Å². The highest BCUT2D eigenvalue weighted by atomic mass is 16.5. The van der Waals surface area contributed by atoms with Crippen molar-refractivity contribution in [3.63, 3.8) is 0 Å². The second-order valence-electron chi connectivity index (χ2n) is 5.27. The highest BCUT2D eigenvalue weighted by Gasteiger charge is 2.29. The van der Waals surface area contributed by atoms with Crippen LogP contribution in [0.3, 0.4) is 0 Å². The molecule has 1 N–H and O–H groups in total. The van der Waals surface area contributed by atoms with E-state index >= 15 is 0 Å². The van der Waals surface area contributed by atoms with Crippen molar-refractivity contribution in [3.8, 4) is 0 Å². The first-order chi connectivity index (χ1) is 8.19. The van der Waals surface area contributed by atoms with Crippen molar-refractivity contribution in [1.82, 2.24) is 10.2 Å². The van der Waals surface area contributed by atoms with Crippen molar-refractivity contribution in [3.05, 3.63) is 0 Å². The van der Waals surface area contributed by atoms with Gasteiger partial charge in [0, 0.05) is 25.6 Å². The molecule has 0 aliphatic carbocycles. The van der Waals surface area contributed by atoms with Crippen molar-refractivity contribution in [2.45, 2.75) is 57.8 Å². The fraction of sp³-hybridized carbons (Fsp3) is 0.923. The molecule has 3 atom stereocenters. The molecule has 98 valence electrons. The second kappa shape index (κ2) is 5.83. The van der Waals surface area contributed by atoms with Crippen LogP contribution in [0.2, 0.25) is 0 Å². The Morgan fingerprint density at radius 2 is 2.29 bits per heavy atom. The lowest BCUT2D eigenvalue weighted by Crippen LogP contribution is -2.50. The second-order valence-corrected chi connectivity index (χ2v) is 5.27. The Labute approximate surface area is 104 Å². The average Bonchev–Trinajstić information content (AvgIpc) is 2.81. The highest BCUT2D eigenvalue weighted by molar-refractivity contribution is 5.77. The fourth-order valence-electron chi connectivity index (χ4n) is 2.75. The third-order valence-electron chi connectivity index (χ3n) is 3.72. The quantitative estimate of drug-likeness (QED) is 0.804. The Kier molecular flexibility index (Phi) is 4.40. The van der Waals surface area contributed by atoms with Crippen molar-refractivity contribution >= 4 is 5.91 Å². The largest absolute Gasteiger partial charge is 0.372 e. The van der Waals surface area contributed by atoms with Crippen molar-refractivity contribution in [2.24, 2.45) is 0 Å². The van der Waals surface area contributed by atoms with E-state index in [0.29, 0.717) is 12.5 Å². The smallest absolute Gasteiger partial charge is 0.224 e. The number of rotatable bonds is 3. The molecule has 2 aliphatic rings. The predicted octanol–water partition coefficient (Wildman–Crippen LogP) is 1.15. The van der Waals surface area contributed by atoms with E-state index in [9.17, 15) is 4.79 Å². The normalized spacial score (nSPS) is 34.0. The van der Waals surface area contributed by atoms with Crippen LogP contribution in [0.5, 0.6) is 0 Å². The third kappa shape index (κ3) is 3.42. The summed E-state index contributed by atoms with van der Waals surface area (Å²) < 4.78 is 5.78. The summed E-state index contributed by atoms with van der Waals surface area (Å²) in [4.78, 5) is 14.2. The molecule has 0 bridgehead atoms. The summed E-state index contributed by atoms with van der Waals surface area (Å²) in [7, 11) is 0. The SMILES string of the molecule is CCC1CN(C(=O)CC2CCCN2)CC(C)O1. The molecule has 0 aromatic rings. The lowest BCUT2D eigenvalue weighted by atomic mass is 10.1. The molecule has 4 heteroatoms. The highest BCUT2D eigenvalue weighted by Crippen LogP contribution is 2.16. The Bertz CT molecular complexity index is 264. The first-order valence-electron chi connectivity index (χ1n) is 6.85. The van der Waals surface area contributed by atoms with Crippen LogP contribution < -0.4 is 5.32 Å². The van der Waals surface area contributed by atoms with Crippen LogP contribution in [-0.4, -0.2) is 48.7 Å². The van der Waals surface area contributed by atoms with Gasteiger partial charge in [0.1, 0.15) is 0 Å². The molecule has 0 spiro atoms. The molecule has 0 saturated carbocycles. The standard InChI is InChI=1S/C13H24N2O2/c1-3-12-9-15(8-10(2)17-12)13(16)7-11-5-4-6-14-11/h10-12,14H,3-9H2,1-2H3. The van der Waals surface area contributed by atoms with E-state index in [4.69, 9.17) is 4.74 Å². The zero-order valence-electron chi connectivity index (χ0n) is 10.9. The van der Waals surface area contributed by atoms with E-state index in [1.54, 1.807) is 0 Å². The Balaban J connectivity index is 1.84. The molecule has 2 aliphatic heterocycles. The number of hydrogen-bond donors (Lipinski definition) is 1. The lowest BCUT2D eigenvalue weighted by molar-refractivity contribution is -0.145. The Morgan fingerprint density at radius 3 is 2.94 bits per heavy atom. The molecular formula is C13H24N2O2. The maximum Gasteiger partial charge on any atom is 0.224 e. The third-order valence-corrected chi connectivity index (χ3v) is 3.72. The number of ether oxygens (including phenoxy) is 1.